The molecule has 0 aliphatic carbocycles. The first kappa shape index (κ1) is 14.5. The van der Waals surface area contributed by atoms with Gasteiger partial charge in [0.1, 0.15) is 0 Å². The van der Waals surface area contributed by atoms with Gasteiger partial charge in [0, 0.05) is 19.3 Å². The van der Waals surface area contributed by atoms with Crippen molar-refractivity contribution in [1.29, 1.82) is 0 Å². The lowest BCUT2D eigenvalue weighted by atomic mass is 10.2. The average molecular weight is 249 g/mol. The SMILES string of the molecule is CCCCCNC(=O)c1ccncc1NCCC. The molecular weight excluding hydrogens is 226 g/mol. The van der Waals surface area contributed by atoms with Crippen molar-refractivity contribution in [2.24, 2.45) is 0 Å². The summed E-state index contributed by atoms with van der Waals surface area (Å²) >= 11 is 0. The van der Waals surface area contributed by atoms with E-state index in [-0.39, 0.29) is 5.91 Å². The van der Waals surface area contributed by atoms with Gasteiger partial charge in [-0.15, -0.1) is 0 Å². The zero-order chi connectivity index (χ0) is 13.2. The van der Waals surface area contributed by atoms with Gasteiger partial charge in [-0.25, -0.2) is 0 Å². The van der Waals surface area contributed by atoms with Gasteiger partial charge in [-0.3, -0.25) is 9.78 Å². The number of amides is 1. The summed E-state index contributed by atoms with van der Waals surface area (Å²) in [5, 5.41) is 6.17. The van der Waals surface area contributed by atoms with Gasteiger partial charge < -0.3 is 10.6 Å². The summed E-state index contributed by atoms with van der Waals surface area (Å²) in [6.45, 7) is 5.83. The fourth-order valence-corrected chi connectivity index (χ4v) is 1.67. The zero-order valence-electron chi connectivity index (χ0n) is 11.3. The number of hydrogen-bond acceptors (Lipinski definition) is 3. The van der Waals surface area contributed by atoms with Gasteiger partial charge in [-0.2, -0.15) is 0 Å². The van der Waals surface area contributed by atoms with Gasteiger partial charge in [-0.1, -0.05) is 26.7 Å². The van der Waals surface area contributed by atoms with Crippen LogP contribution in [0.3, 0.4) is 0 Å². The molecule has 1 aromatic rings. The third kappa shape index (κ3) is 4.73. The minimum atomic E-state index is -0.0212. The lowest BCUT2D eigenvalue weighted by molar-refractivity contribution is 0.0953. The fourth-order valence-electron chi connectivity index (χ4n) is 1.67. The molecule has 0 aliphatic heterocycles. The molecule has 100 valence electrons. The standard InChI is InChI=1S/C14H23N3O/c1-3-5-6-9-17-14(18)12-7-10-15-11-13(12)16-8-4-2/h7,10-11,16H,3-6,8-9H2,1-2H3,(H,17,18). The molecule has 0 atom stereocenters. The second-order valence-electron chi connectivity index (χ2n) is 4.31. The number of anilines is 1. The third-order valence-electron chi connectivity index (χ3n) is 2.70. The highest BCUT2D eigenvalue weighted by Gasteiger charge is 2.09. The van der Waals surface area contributed by atoms with Crippen LogP contribution in [0.25, 0.3) is 0 Å². The monoisotopic (exact) mass is 249 g/mol. The van der Waals surface area contributed by atoms with Crippen LogP contribution in [0, 0.1) is 0 Å². The number of carbonyl (C=O) groups is 1. The third-order valence-corrected chi connectivity index (χ3v) is 2.70. The quantitative estimate of drug-likeness (QED) is 0.697. The van der Waals surface area contributed by atoms with Crippen molar-refractivity contribution < 1.29 is 4.79 Å². The highest BCUT2D eigenvalue weighted by Crippen LogP contribution is 2.13. The van der Waals surface area contributed by atoms with Crippen molar-refractivity contribution >= 4 is 11.6 Å². The minimum absolute atomic E-state index is 0.0212. The Hall–Kier alpha value is -1.58. The van der Waals surface area contributed by atoms with Gasteiger partial charge in [-0.05, 0) is 18.9 Å². The second-order valence-corrected chi connectivity index (χ2v) is 4.31. The molecule has 0 aliphatic rings. The molecule has 0 radical (unpaired) electrons. The Balaban J connectivity index is 2.55. The summed E-state index contributed by atoms with van der Waals surface area (Å²) in [5.41, 5.74) is 1.49. The maximum atomic E-state index is 12.0. The van der Waals surface area contributed by atoms with Crippen LogP contribution in [0.15, 0.2) is 18.5 Å². The molecule has 1 heterocycles. The van der Waals surface area contributed by atoms with Gasteiger partial charge in [0.15, 0.2) is 0 Å². The molecule has 2 N–H and O–H groups in total. The Labute approximate surface area is 109 Å². The molecule has 1 amide bonds. The van der Waals surface area contributed by atoms with Gasteiger partial charge in [0.2, 0.25) is 0 Å². The van der Waals surface area contributed by atoms with E-state index in [1.165, 1.54) is 0 Å². The Morgan fingerprint density at radius 2 is 2.06 bits per heavy atom. The molecule has 4 heteroatoms. The summed E-state index contributed by atoms with van der Waals surface area (Å²) in [6, 6.07) is 1.76. The number of hydrogen-bond donors (Lipinski definition) is 2. The average Bonchev–Trinajstić information content (AvgIpc) is 2.41. The molecule has 1 rings (SSSR count). The van der Waals surface area contributed by atoms with Crippen molar-refractivity contribution in [1.82, 2.24) is 10.3 Å². The molecule has 0 spiro atoms. The number of carbonyl (C=O) groups excluding carboxylic acids is 1. The van der Waals surface area contributed by atoms with E-state index in [0.717, 1.165) is 44.5 Å². The highest BCUT2D eigenvalue weighted by molar-refractivity contribution is 5.99. The van der Waals surface area contributed by atoms with Gasteiger partial charge in [0.25, 0.3) is 5.91 Å². The summed E-state index contributed by atoms with van der Waals surface area (Å²) in [6.07, 6.45) is 7.72. The van der Waals surface area contributed by atoms with Crippen molar-refractivity contribution in [3.05, 3.63) is 24.0 Å². The fraction of sp³-hybridized carbons (Fsp3) is 0.571. The molecule has 1 aromatic heterocycles. The lowest BCUT2D eigenvalue weighted by Gasteiger charge is -2.10. The van der Waals surface area contributed by atoms with E-state index in [1.807, 2.05) is 0 Å². The first-order valence-electron chi connectivity index (χ1n) is 6.75. The zero-order valence-corrected chi connectivity index (χ0v) is 11.3. The van der Waals surface area contributed by atoms with Crippen molar-refractivity contribution in [2.45, 2.75) is 39.5 Å². The number of rotatable bonds is 8. The smallest absolute Gasteiger partial charge is 0.253 e. The number of nitrogens with zero attached hydrogens (tertiary/aromatic N) is 1. The topological polar surface area (TPSA) is 54.0 Å². The molecule has 0 fully saturated rings. The Bertz CT molecular complexity index is 366. The molecule has 4 nitrogen and oxygen atoms in total. The number of nitrogens with one attached hydrogen (secondary N) is 2. The number of unbranched alkanes of at least 4 members (excludes halogenated alkanes) is 2. The van der Waals surface area contributed by atoms with E-state index in [1.54, 1.807) is 18.5 Å². The summed E-state index contributed by atoms with van der Waals surface area (Å²) in [7, 11) is 0. The molecule has 0 unspecified atom stereocenters. The first-order valence-corrected chi connectivity index (χ1v) is 6.75. The number of aromatic nitrogens is 1. The Morgan fingerprint density at radius 1 is 1.22 bits per heavy atom. The Morgan fingerprint density at radius 3 is 2.78 bits per heavy atom. The molecule has 0 bridgehead atoms. The van der Waals surface area contributed by atoms with Gasteiger partial charge in [0.05, 0.1) is 17.4 Å². The van der Waals surface area contributed by atoms with E-state index in [4.69, 9.17) is 0 Å². The predicted octanol–water partition coefficient (Wildman–Crippen LogP) is 2.82. The largest absolute Gasteiger partial charge is 0.383 e. The van der Waals surface area contributed by atoms with Crippen LogP contribution >= 0.6 is 0 Å². The van der Waals surface area contributed by atoms with Crippen LogP contribution in [0.2, 0.25) is 0 Å². The maximum absolute atomic E-state index is 12.0. The summed E-state index contributed by atoms with van der Waals surface area (Å²) < 4.78 is 0. The summed E-state index contributed by atoms with van der Waals surface area (Å²) in [5.74, 6) is -0.0212. The molecule has 0 saturated carbocycles. The van der Waals surface area contributed by atoms with Gasteiger partial charge >= 0.3 is 0 Å². The van der Waals surface area contributed by atoms with Crippen molar-refractivity contribution in [3.8, 4) is 0 Å². The van der Waals surface area contributed by atoms with Crippen LogP contribution in [0.4, 0.5) is 5.69 Å². The van der Waals surface area contributed by atoms with E-state index in [9.17, 15) is 4.79 Å². The van der Waals surface area contributed by atoms with Crippen LogP contribution in [-0.4, -0.2) is 24.0 Å². The molecule has 0 aromatic carbocycles. The highest BCUT2D eigenvalue weighted by atomic mass is 16.1. The first-order chi connectivity index (χ1) is 8.79. The summed E-state index contributed by atoms with van der Waals surface area (Å²) in [4.78, 5) is 16.1. The minimum Gasteiger partial charge on any atom is -0.383 e. The lowest BCUT2D eigenvalue weighted by Crippen LogP contribution is -2.25. The normalized spacial score (nSPS) is 10.1. The maximum Gasteiger partial charge on any atom is 0.253 e. The molecule has 0 saturated heterocycles. The Kier molecular flexibility index (Phi) is 6.84. The van der Waals surface area contributed by atoms with Crippen molar-refractivity contribution in [3.63, 3.8) is 0 Å². The second kappa shape index (κ2) is 8.50. The van der Waals surface area contributed by atoms with E-state index < -0.39 is 0 Å². The van der Waals surface area contributed by atoms with Crippen LogP contribution in [0.1, 0.15) is 49.9 Å². The van der Waals surface area contributed by atoms with Crippen molar-refractivity contribution in [2.75, 3.05) is 18.4 Å². The van der Waals surface area contributed by atoms with Crippen LogP contribution in [-0.2, 0) is 0 Å². The molecule has 18 heavy (non-hydrogen) atoms. The van der Waals surface area contributed by atoms with E-state index in [2.05, 4.69) is 29.5 Å². The van der Waals surface area contributed by atoms with E-state index >= 15 is 0 Å². The van der Waals surface area contributed by atoms with Crippen LogP contribution in [0.5, 0.6) is 0 Å². The molecular formula is C14H23N3O. The predicted molar refractivity (Wildman–Crippen MR) is 74.9 cm³/mol. The number of pyridine rings is 1. The van der Waals surface area contributed by atoms with Crippen LogP contribution < -0.4 is 10.6 Å². The van der Waals surface area contributed by atoms with E-state index in [0.29, 0.717) is 5.56 Å².